The van der Waals surface area contributed by atoms with Crippen molar-refractivity contribution in [3.8, 4) is 0 Å². The van der Waals surface area contributed by atoms with Gasteiger partial charge in [0.25, 0.3) is 0 Å². The topological polar surface area (TPSA) is 27.8 Å². The van der Waals surface area contributed by atoms with E-state index < -0.39 is 0 Å². The van der Waals surface area contributed by atoms with Crippen LogP contribution in [0.4, 0.5) is 0 Å². The zero-order valence-corrected chi connectivity index (χ0v) is 11.9. The molecule has 1 saturated carbocycles. The number of aromatic nitrogens is 1. The summed E-state index contributed by atoms with van der Waals surface area (Å²) >= 11 is 0. The van der Waals surface area contributed by atoms with E-state index in [1.54, 1.807) is 0 Å². The number of fused-ring (bicyclic) bond motifs is 1. The molecule has 1 aromatic heterocycles. The SMILES string of the molecule is CCC1CCC(NCc2ccc3[nH]ccc3c2)C1C. The van der Waals surface area contributed by atoms with Crippen molar-refractivity contribution in [1.82, 2.24) is 10.3 Å². The highest BCUT2D eigenvalue weighted by Crippen LogP contribution is 2.34. The Hall–Kier alpha value is -1.28. The normalized spacial score (nSPS) is 27.2. The van der Waals surface area contributed by atoms with Gasteiger partial charge in [-0.15, -0.1) is 0 Å². The average Bonchev–Trinajstić information content (AvgIpc) is 3.02. The Morgan fingerprint density at radius 2 is 2.16 bits per heavy atom. The molecule has 102 valence electrons. The first-order valence-corrected chi connectivity index (χ1v) is 7.57. The van der Waals surface area contributed by atoms with E-state index in [-0.39, 0.29) is 0 Å². The molecular weight excluding hydrogens is 232 g/mol. The Kier molecular flexibility index (Phi) is 3.61. The van der Waals surface area contributed by atoms with Gasteiger partial charge in [-0.3, -0.25) is 0 Å². The molecule has 2 heteroatoms. The monoisotopic (exact) mass is 256 g/mol. The highest BCUT2D eigenvalue weighted by Gasteiger charge is 2.30. The molecule has 2 N–H and O–H groups in total. The zero-order valence-electron chi connectivity index (χ0n) is 11.9. The minimum Gasteiger partial charge on any atom is -0.361 e. The average molecular weight is 256 g/mol. The summed E-state index contributed by atoms with van der Waals surface area (Å²) in [6.07, 6.45) is 6.07. The Bertz CT molecular complexity index is 543. The van der Waals surface area contributed by atoms with Crippen molar-refractivity contribution in [2.24, 2.45) is 11.8 Å². The number of H-pyrrole nitrogens is 1. The van der Waals surface area contributed by atoms with E-state index in [1.807, 2.05) is 6.20 Å². The van der Waals surface area contributed by atoms with Crippen molar-refractivity contribution >= 4 is 10.9 Å². The van der Waals surface area contributed by atoms with Gasteiger partial charge in [0.05, 0.1) is 0 Å². The second-order valence-corrected chi connectivity index (χ2v) is 5.99. The molecular formula is C17H24N2. The van der Waals surface area contributed by atoms with Crippen LogP contribution in [0.1, 0.15) is 38.7 Å². The number of rotatable bonds is 4. The van der Waals surface area contributed by atoms with Gasteiger partial charge >= 0.3 is 0 Å². The van der Waals surface area contributed by atoms with Gasteiger partial charge in [-0.1, -0.05) is 26.3 Å². The van der Waals surface area contributed by atoms with Gasteiger partial charge in [-0.05, 0) is 53.8 Å². The maximum atomic E-state index is 3.76. The molecule has 2 aromatic rings. The molecule has 0 aliphatic heterocycles. The summed E-state index contributed by atoms with van der Waals surface area (Å²) in [5.41, 5.74) is 2.61. The molecule has 2 nitrogen and oxygen atoms in total. The maximum Gasteiger partial charge on any atom is 0.0454 e. The minimum absolute atomic E-state index is 0.701. The second-order valence-electron chi connectivity index (χ2n) is 5.99. The molecule has 0 spiro atoms. The Morgan fingerprint density at radius 3 is 2.95 bits per heavy atom. The smallest absolute Gasteiger partial charge is 0.0454 e. The van der Waals surface area contributed by atoms with E-state index in [0.717, 1.165) is 18.4 Å². The van der Waals surface area contributed by atoms with Crippen molar-refractivity contribution in [3.63, 3.8) is 0 Å². The van der Waals surface area contributed by atoms with Crippen molar-refractivity contribution in [3.05, 3.63) is 36.0 Å². The van der Waals surface area contributed by atoms with Gasteiger partial charge in [0.15, 0.2) is 0 Å². The molecule has 1 heterocycles. The molecule has 1 aliphatic rings. The minimum atomic E-state index is 0.701. The summed E-state index contributed by atoms with van der Waals surface area (Å²) in [6, 6.07) is 9.54. The van der Waals surface area contributed by atoms with Gasteiger partial charge in [-0.25, -0.2) is 0 Å². The Morgan fingerprint density at radius 1 is 1.26 bits per heavy atom. The molecule has 3 rings (SSSR count). The van der Waals surface area contributed by atoms with Gasteiger partial charge in [0.2, 0.25) is 0 Å². The van der Waals surface area contributed by atoms with E-state index in [0.29, 0.717) is 6.04 Å². The summed E-state index contributed by atoms with van der Waals surface area (Å²) in [6.45, 7) is 5.73. The first-order valence-electron chi connectivity index (χ1n) is 7.57. The number of hydrogen-bond acceptors (Lipinski definition) is 1. The molecule has 3 unspecified atom stereocenters. The lowest BCUT2D eigenvalue weighted by atomic mass is 9.93. The lowest BCUT2D eigenvalue weighted by Crippen LogP contribution is -2.32. The molecule has 0 radical (unpaired) electrons. The van der Waals surface area contributed by atoms with Gasteiger partial charge < -0.3 is 10.3 Å². The Balaban J connectivity index is 1.63. The summed E-state index contributed by atoms with van der Waals surface area (Å²) in [4.78, 5) is 3.24. The highest BCUT2D eigenvalue weighted by atomic mass is 14.9. The Labute approximate surface area is 115 Å². The van der Waals surface area contributed by atoms with Crippen LogP contribution >= 0.6 is 0 Å². The third-order valence-electron chi connectivity index (χ3n) is 4.94. The fraction of sp³-hybridized carbons (Fsp3) is 0.529. The van der Waals surface area contributed by atoms with Crippen LogP contribution in [0.2, 0.25) is 0 Å². The van der Waals surface area contributed by atoms with Crippen LogP contribution in [0.3, 0.4) is 0 Å². The third-order valence-corrected chi connectivity index (χ3v) is 4.94. The van der Waals surface area contributed by atoms with Crippen molar-refractivity contribution in [2.45, 2.75) is 45.7 Å². The molecule has 0 amide bonds. The van der Waals surface area contributed by atoms with Gasteiger partial charge in [-0.2, -0.15) is 0 Å². The van der Waals surface area contributed by atoms with Crippen LogP contribution in [0.5, 0.6) is 0 Å². The van der Waals surface area contributed by atoms with Gasteiger partial charge in [0, 0.05) is 24.3 Å². The van der Waals surface area contributed by atoms with Crippen LogP contribution < -0.4 is 5.32 Å². The fourth-order valence-corrected chi connectivity index (χ4v) is 3.57. The summed E-state index contributed by atoms with van der Waals surface area (Å²) in [5, 5.41) is 5.07. The molecule has 0 bridgehead atoms. The summed E-state index contributed by atoms with van der Waals surface area (Å²) in [5.74, 6) is 1.74. The molecule has 0 saturated heterocycles. The number of benzene rings is 1. The molecule has 19 heavy (non-hydrogen) atoms. The first-order chi connectivity index (χ1) is 9.28. The van der Waals surface area contributed by atoms with Crippen molar-refractivity contribution < 1.29 is 0 Å². The van der Waals surface area contributed by atoms with E-state index >= 15 is 0 Å². The van der Waals surface area contributed by atoms with E-state index in [2.05, 4.69) is 48.4 Å². The molecule has 1 aromatic carbocycles. The van der Waals surface area contributed by atoms with E-state index in [1.165, 1.54) is 35.7 Å². The number of aromatic amines is 1. The van der Waals surface area contributed by atoms with Crippen LogP contribution in [-0.4, -0.2) is 11.0 Å². The predicted molar refractivity (Wildman–Crippen MR) is 81.1 cm³/mol. The predicted octanol–water partition coefficient (Wildman–Crippen LogP) is 4.08. The van der Waals surface area contributed by atoms with Crippen LogP contribution in [0, 0.1) is 11.8 Å². The fourth-order valence-electron chi connectivity index (χ4n) is 3.57. The van der Waals surface area contributed by atoms with Crippen molar-refractivity contribution in [2.75, 3.05) is 0 Å². The van der Waals surface area contributed by atoms with Crippen LogP contribution in [0.25, 0.3) is 10.9 Å². The lowest BCUT2D eigenvalue weighted by Gasteiger charge is -2.21. The highest BCUT2D eigenvalue weighted by molar-refractivity contribution is 5.79. The third kappa shape index (κ3) is 2.55. The van der Waals surface area contributed by atoms with E-state index in [4.69, 9.17) is 0 Å². The molecule has 1 fully saturated rings. The van der Waals surface area contributed by atoms with Crippen LogP contribution in [0.15, 0.2) is 30.5 Å². The molecule has 1 aliphatic carbocycles. The quantitative estimate of drug-likeness (QED) is 0.847. The largest absolute Gasteiger partial charge is 0.361 e. The number of hydrogen-bond donors (Lipinski definition) is 2. The van der Waals surface area contributed by atoms with Crippen LogP contribution in [-0.2, 0) is 6.54 Å². The number of nitrogens with one attached hydrogen (secondary N) is 2. The summed E-state index contributed by atoms with van der Waals surface area (Å²) in [7, 11) is 0. The maximum absolute atomic E-state index is 3.76. The van der Waals surface area contributed by atoms with E-state index in [9.17, 15) is 0 Å². The molecule has 3 atom stereocenters. The lowest BCUT2D eigenvalue weighted by molar-refractivity contribution is 0.344. The van der Waals surface area contributed by atoms with Crippen molar-refractivity contribution in [1.29, 1.82) is 0 Å². The first kappa shape index (κ1) is 12.7. The summed E-state index contributed by atoms with van der Waals surface area (Å²) < 4.78 is 0. The van der Waals surface area contributed by atoms with Gasteiger partial charge in [0.1, 0.15) is 0 Å². The second kappa shape index (κ2) is 5.38. The zero-order chi connectivity index (χ0) is 13.2. The standard InChI is InChI=1S/C17H24N2/c1-3-14-5-7-16(12(14)2)19-11-13-4-6-17-15(10-13)8-9-18-17/h4,6,8-10,12,14,16,18-19H,3,5,7,11H2,1-2H3.